The predicted molar refractivity (Wildman–Crippen MR) is 266 cm³/mol. The van der Waals surface area contributed by atoms with Crippen LogP contribution in [0, 0.1) is 17.8 Å². The molecule has 62 heavy (non-hydrogen) atoms. The highest BCUT2D eigenvalue weighted by Gasteiger charge is 2.19. The highest BCUT2D eigenvalue weighted by atomic mass is 16.6. The van der Waals surface area contributed by atoms with E-state index in [2.05, 4.69) is 41.5 Å². The molecule has 0 N–H and O–H groups in total. The maximum Gasteiger partial charge on any atom is 0.306 e. The Morgan fingerprint density at radius 1 is 0.323 bits per heavy atom. The molecule has 0 saturated heterocycles. The van der Waals surface area contributed by atoms with Crippen LogP contribution in [-0.2, 0) is 28.6 Å². The van der Waals surface area contributed by atoms with E-state index in [4.69, 9.17) is 14.2 Å². The minimum absolute atomic E-state index is 0.0643. The molecule has 0 aromatic heterocycles. The fourth-order valence-electron chi connectivity index (χ4n) is 8.44. The first-order chi connectivity index (χ1) is 30.1. The van der Waals surface area contributed by atoms with E-state index in [1.54, 1.807) is 0 Å². The van der Waals surface area contributed by atoms with Crippen molar-refractivity contribution in [2.24, 2.45) is 17.8 Å². The van der Waals surface area contributed by atoms with Gasteiger partial charge in [0.05, 0.1) is 0 Å². The summed E-state index contributed by atoms with van der Waals surface area (Å²) in [5.41, 5.74) is 0. The number of carbonyl (C=O) groups is 3. The first-order valence-corrected chi connectivity index (χ1v) is 27.6. The molecule has 0 aromatic rings. The predicted octanol–water partition coefficient (Wildman–Crippen LogP) is 17.9. The second kappa shape index (κ2) is 47.4. The van der Waals surface area contributed by atoms with Gasteiger partial charge in [-0.05, 0) is 37.0 Å². The third-order valence-electron chi connectivity index (χ3n) is 13.0. The van der Waals surface area contributed by atoms with Crippen molar-refractivity contribution in [2.45, 2.75) is 311 Å². The van der Waals surface area contributed by atoms with E-state index < -0.39 is 6.10 Å². The summed E-state index contributed by atoms with van der Waals surface area (Å²) in [6.45, 7) is 13.8. The van der Waals surface area contributed by atoms with Crippen molar-refractivity contribution >= 4 is 17.9 Å². The van der Waals surface area contributed by atoms with Gasteiger partial charge in [0.1, 0.15) is 13.2 Å². The van der Waals surface area contributed by atoms with Crippen molar-refractivity contribution in [3.63, 3.8) is 0 Å². The van der Waals surface area contributed by atoms with Crippen LogP contribution in [0.2, 0.25) is 0 Å². The molecule has 0 heterocycles. The Labute approximate surface area is 387 Å². The van der Waals surface area contributed by atoms with Crippen molar-refractivity contribution in [1.82, 2.24) is 0 Å². The minimum Gasteiger partial charge on any atom is -0.462 e. The largest absolute Gasteiger partial charge is 0.462 e. The summed E-state index contributed by atoms with van der Waals surface area (Å²) in [5.74, 6) is 1.68. The fourth-order valence-corrected chi connectivity index (χ4v) is 8.44. The molecule has 0 spiro atoms. The van der Waals surface area contributed by atoms with Crippen LogP contribution in [0.4, 0.5) is 0 Å². The molecule has 0 aliphatic heterocycles. The normalized spacial score (nSPS) is 12.6. The summed E-state index contributed by atoms with van der Waals surface area (Å²) in [5, 5.41) is 0. The van der Waals surface area contributed by atoms with Crippen molar-refractivity contribution in [1.29, 1.82) is 0 Å². The van der Waals surface area contributed by atoms with Gasteiger partial charge in [0.2, 0.25) is 0 Å². The lowest BCUT2D eigenvalue weighted by Crippen LogP contribution is -2.30. The van der Waals surface area contributed by atoms with Crippen LogP contribution in [0.3, 0.4) is 0 Å². The topological polar surface area (TPSA) is 78.9 Å². The second-order valence-electron chi connectivity index (χ2n) is 20.4. The zero-order valence-corrected chi connectivity index (χ0v) is 42.7. The Hall–Kier alpha value is -1.59. The van der Waals surface area contributed by atoms with Crippen LogP contribution in [0.15, 0.2) is 0 Å². The summed E-state index contributed by atoms with van der Waals surface area (Å²) >= 11 is 0. The lowest BCUT2D eigenvalue weighted by molar-refractivity contribution is -0.167. The summed E-state index contributed by atoms with van der Waals surface area (Å²) in [7, 11) is 0. The highest BCUT2D eigenvalue weighted by molar-refractivity contribution is 5.71. The smallest absolute Gasteiger partial charge is 0.306 e. The maximum absolute atomic E-state index is 12.8. The second-order valence-corrected chi connectivity index (χ2v) is 20.4. The number of hydrogen-bond donors (Lipinski definition) is 0. The molecule has 6 heteroatoms. The summed E-state index contributed by atoms with van der Waals surface area (Å²) in [4.78, 5) is 38.1. The summed E-state index contributed by atoms with van der Waals surface area (Å²) in [6.07, 6.45) is 48.0. The van der Waals surface area contributed by atoms with Gasteiger partial charge in [-0.15, -0.1) is 0 Å². The molecule has 2 atom stereocenters. The van der Waals surface area contributed by atoms with Crippen LogP contribution in [0.25, 0.3) is 0 Å². The molecule has 0 fully saturated rings. The van der Waals surface area contributed by atoms with Crippen LogP contribution in [0.1, 0.15) is 305 Å². The van der Waals surface area contributed by atoms with E-state index in [-0.39, 0.29) is 31.1 Å². The molecule has 0 radical (unpaired) electrons. The summed E-state index contributed by atoms with van der Waals surface area (Å²) < 4.78 is 16.9. The molecular formula is C56H108O6. The number of carbonyl (C=O) groups excluding carboxylic acids is 3. The van der Waals surface area contributed by atoms with Crippen LogP contribution in [0.5, 0.6) is 0 Å². The van der Waals surface area contributed by atoms with Gasteiger partial charge in [0.25, 0.3) is 0 Å². The lowest BCUT2D eigenvalue weighted by Gasteiger charge is -2.18. The van der Waals surface area contributed by atoms with Gasteiger partial charge in [0.15, 0.2) is 6.10 Å². The van der Waals surface area contributed by atoms with Crippen LogP contribution < -0.4 is 0 Å². The monoisotopic (exact) mass is 877 g/mol. The van der Waals surface area contributed by atoms with Gasteiger partial charge < -0.3 is 14.2 Å². The molecule has 0 rings (SSSR count). The number of ether oxygens (including phenoxy) is 3. The average molecular weight is 877 g/mol. The Kier molecular flexibility index (Phi) is 46.2. The molecule has 0 aromatic carbocycles. The van der Waals surface area contributed by atoms with Gasteiger partial charge in [-0.3, -0.25) is 14.4 Å². The zero-order valence-electron chi connectivity index (χ0n) is 42.7. The van der Waals surface area contributed by atoms with Crippen LogP contribution in [-0.4, -0.2) is 37.2 Å². The molecule has 0 aliphatic carbocycles. The maximum atomic E-state index is 12.8. The van der Waals surface area contributed by atoms with Gasteiger partial charge in [-0.2, -0.15) is 0 Å². The van der Waals surface area contributed by atoms with E-state index in [0.29, 0.717) is 19.3 Å². The standard InChI is InChI=1S/C56H108O6/c1-7-52(6)44-38-32-26-20-15-17-22-28-34-40-46-55(58)61-49-53(48-60-54(57)45-39-33-27-21-16-14-19-25-31-37-43-51(4)5)62-56(59)47-41-35-29-23-13-11-9-8-10-12-18-24-30-36-42-50(2)3/h50-53H,7-49H2,1-6H3/t52?,53-/m1/s1. The molecule has 0 saturated carbocycles. The van der Waals surface area contributed by atoms with Gasteiger partial charge in [-0.1, -0.05) is 266 Å². The molecule has 6 nitrogen and oxygen atoms in total. The van der Waals surface area contributed by atoms with Crippen molar-refractivity contribution in [3.8, 4) is 0 Å². The highest BCUT2D eigenvalue weighted by Crippen LogP contribution is 2.18. The van der Waals surface area contributed by atoms with Gasteiger partial charge in [-0.25, -0.2) is 0 Å². The molecule has 0 aliphatic rings. The van der Waals surface area contributed by atoms with E-state index in [9.17, 15) is 14.4 Å². The Morgan fingerprint density at radius 2 is 0.565 bits per heavy atom. The molecule has 0 bridgehead atoms. The van der Waals surface area contributed by atoms with E-state index in [1.807, 2.05) is 0 Å². The first-order valence-electron chi connectivity index (χ1n) is 27.6. The third kappa shape index (κ3) is 47.9. The van der Waals surface area contributed by atoms with Crippen molar-refractivity contribution < 1.29 is 28.6 Å². The molecule has 368 valence electrons. The number of rotatable bonds is 49. The first kappa shape index (κ1) is 60.4. The molecule has 0 amide bonds. The van der Waals surface area contributed by atoms with Crippen molar-refractivity contribution in [2.75, 3.05) is 13.2 Å². The van der Waals surface area contributed by atoms with E-state index >= 15 is 0 Å². The lowest BCUT2D eigenvalue weighted by atomic mass is 9.99. The SMILES string of the molecule is CCC(C)CCCCCCCCCCCCC(=O)OC[C@@H](COC(=O)CCCCCCCCCCCCC(C)C)OC(=O)CCCCCCCCCCCCCCCCC(C)C. The Balaban J connectivity index is 4.32. The van der Waals surface area contributed by atoms with Gasteiger partial charge in [0, 0.05) is 19.3 Å². The van der Waals surface area contributed by atoms with Crippen molar-refractivity contribution in [3.05, 3.63) is 0 Å². The Bertz CT molecular complexity index is 962. The van der Waals surface area contributed by atoms with Crippen LogP contribution >= 0.6 is 0 Å². The van der Waals surface area contributed by atoms with E-state index in [1.165, 1.54) is 186 Å². The zero-order chi connectivity index (χ0) is 45.6. The molecular weight excluding hydrogens is 769 g/mol. The molecule has 1 unspecified atom stereocenters. The third-order valence-corrected chi connectivity index (χ3v) is 13.0. The minimum atomic E-state index is -0.763. The van der Waals surface area contributed by atoms with E-state index in [0.717, 1.165) is 75.5 Å². The fraction of sp³-hybridized carbons (Fsp3) is 0.946. The number of hydrogen-bond acceptors (Lipinski definition) is 6. The average Bonchev–Trinajstić information content (AvgIpc) is 3.24. The number of esters is 3. The summed E-state index contributed by atoms with van der Waals surface area (Å²) in [6, 6.07) is 0. The Morgan fingerprint density at radius 3 is 0.839 bits per heavy atom. The quantitative estimate of drug-likeness (QED) is 0.0344. The van der Waals surface area contributed by atoms with Gasteiger partial charge >= 0.3 is 17.9 Å². The number of unbranched alkanes of at least 4 members (excludes halogenated alkanes) is 31.